The van der Waals surface area contributed by atoms with Crippen LogP contribution in [0.5, 0.6) is 0 Å². The predicted molar refractivity (Wildman–Crippen MR) is 138 cm³/mol. The lowest BCUT2D eigenvalue weighted by molar-refractivity contribution is -0.0574. The number of hydrogen-bond donors (Lipinski definition) is 6. The molecule has 2 aliphatic rings. The number of aromatic amines is 1. The van der Waals surface area contributed by atoms with Crippen molar-refractivity contribution in [3.05, 3.63) is 23.0 Å². The largest absolute Gasteiger partial charge is 0.394 e. The van der Waals surface area contributed by atoms with Crippen LogP contribution < -0.4 is 17.0 Å². The van der Waals surface area contributed by atoms with E-state index in [1.165, 1.54) is 0 Å². The molecule has 220 valence electrons. The molecular weight excluding hydrogens is 592 g/mol. The van der Waals surface area contributed by atoms with Crippen molar-refractivity contribution in [3.63, 3.8) is 0 Å². The highest BCUT2D eigenvalue weighted by molar-refractivity contribution is 8.07. The van der Waals surface area contributed by atoms with Crippen LogP contribution in [0.15, 0.2) is 17.4 Å². The summed E-state index contributed by atoms with van der Waals surface area (Å²) in [6, 6.07) is 0. The van der Waals surface area contributed by atoms with E-state index in [1.54, 1.807) is 0 Å². The summed E-state index contributed by atoms with van der Waals surface area (Å²) in [4.78, 5) is 41.1. The van der Waals surface area contributed by atoms with Crippen molar-refractivity contribution in [2.24, 2.45) is 0 Å². The Hall–Kier alpha value is -3.27. The SMILES string of the molecule is Nc1nc2c(nnn2[C@@H]2O[C@H](CO)C[C@H]2OP(O)(=S)OC[C@H]2OCC(F)(n3cnc4c(N)ncnc43)[C@@H]2O)c(=O)[nH]1. The lowest BCUT2D eigenvalue weighted by Gasteiger charge is -2.27. The average molecular weight is 616 g/mol. The van der Waals surface area contributed by atoms with Crippen molar-refractivity contribution in [1.29, 1.82) is 0 Å². The number of nitrogen functional groups attached to an aromatic ring is 2. The highest BCUT2D eigenvalue weighted by Crippen LogP contribution is 2.50. The maximum Gasteiger partial charge on any atom is 0.325 e. The van der Waals surface area contributed by atoms with E-state index in [9.17, 15) is 19.9 Å². The molecule has 0 amide bonds. The number of nitrogens with two attached hydrogens (primary N) is 2. The number of anilines is 2. The third-order valence-corrected chi connectivity index (χ3v) is 8.27. The number of fused-ring (bicyclic) bond motifs is 2. The van der Waals surface area contributed by atoms with Crippen molar-refractivity contribution >= 4 is 52.6 Å². The summed E-state index contributed by atoms with van der Waals surface area (Å²) in [5.74, 6) is -2.66. The molecule has 0 radical (unpaired) electrons. The van der Waals surface area contributed by atoms with Gasteiger partial charge in [-0.3, -0.25) is 14.3 Å². The summed E-state index contributed by atoms with van der Waals surface area (Å²) in [5.41, 5.74) is 10.8. The van der Waals surface area contributed by atoms with E-state index in [0.717, 1.165) is 21.9 Å². The minimum Gasteiger partial charge on any atom is -0.394 e. The first kappa shape index (κ1) is 27.9. The Morgan fingerprint density at radius 3 is 2.88 bits per heavy atom. The van der Waals surface area contributed by atoms with Gasteiger partial charge in [0.2, 0.25) is 11.7 Å². The van der Waals surface area contributed by atoms with Gasteiger partial charge in [-0.05, 0) is 11.8 Å². The summed E-state index contributed by atoms with van der Waals surface area (Å²) in [7, 11) is 0. The molecule has 41 heavy (non-hydrogen) atoms. The maximum atomic E-state index is 16.0. The summed E-state index contributed by atoms with van der Waals surface area (Å²) in [6.07, 6.45) is -3.71. The third kappa shape index (κ3) is 4.83. The molecule has 6 rings (SSSR count). The van der Waals surface area contributed by atoms with Gasteiger partial charge in [0.1, 0.15) is 36.8 Å². The van der Waals surface area contributed by atoms with Crippen molar-refractivity contribution in [3.8, 4) is 0 Å². The first-order valence-corrected chi connectivity index (χ1v) is 14.5. The van der Waals surface area contributed by atoms with Crippen LogP contribution in [-0.4, -0.2) is 104 Å². The lowest BCUT2D eigenvalue weighted by Crippen LogP contribution is -2.43. The number of aromatic nitrogens is 9. The second-order valence-corrected chi connectivity index (χ2v) is 12.1. The minimum absolute atomic E-state index is 0.0311. The Bertz CT molecular complexity index is 1720. The first-order valence-electron chi connectivity index (χ1n) is 12.0. The van der Waals surface area contributed by atoms with E-state index in [0.29, 0.717) is 0 Å². The second kappa shape index (κ2) is 10.2. The first-order chi connectivity index (χ1) is 19.5. The highest BCUT2D eigenvalue weighted by atomic mass is 32.5. The quantitative estimate of drug-likeness (QED) is 0.115. The molecule has 7 atom stereocenters. The summed E-state index contributed by atoms with van der Waals surface area (Å²) in [5, 5.41) is 28.1. The Balaban J connectivity index is 1.17. The lowest BCUT2D eigenvalue weighted by atomic mass is 10.1. The minimum atomic E-state index is -4.10. The summed E-state index contributed by atoms with van der Waals surface area (Å²) < 4.78 is 40.4. The van der Waals surface area contributed by atoms with Gasteiger partial charge < -0.3 is 45.1 Å². The molecule has 19 nitrogen and oxygen atoms in total. The molecule has 0 saturated carbocycles. The summed E-state index contributed by atoms with van der Waals surface area (Å²) in [6.45, 7) is -5.65. The van der Waals surface area contributed by atoms with Gasteiger partial charge in [0.15, 0.2) is 28.9 Å². The predicted octanol–water partition coefficient (Wildman–Crippen LogP) is -2.20. The molecule has 6 heterocycles. The molecule has 8 N–H and O–H groups in total. The standard InChI is InChI=1S/C19H23FN11O8PS/c20-19(30-6-25-10-13(21)23-5-24-14(10)30)4-36-9(12(19)33)3-37-40(35,41)39-8-1-7(2-32)38-17(8)31-15-11(28-29-31)16(34)27-18(22)26-15/h5-9,12,17,32-33H,1-4H2,(H,35,41)(H2,21,23,24)(H3,22,26,27,34)/t7-,8+,9+,12+,17+,19?,40?/m0/s1. The molecule has 0 aliphatic carbocycles. The maximum absolute atomic E-state index is 16.0. The van der Waals surface area contributed by atoms with Crippen LogP contribution in [0.3, 0.4) is 0 Å². The average Bonchev–Trinajstić information content (AvgIpc) is 3.69. The Labute approximate surface area is 232 Å². The molecular formula is C19H23FN11O8PS. The van der Waals surface area contributed by atoms with Crippen LogP contribution in [0.1, 0.15) is 12.6 Å². The van der Waals surface area contributed by atoms with Crippen LogP contribution in [0, 0.1) is 0 Å². The van der Waals surface area contributed by atoms with Gasteiger partial charge in [0.05, 0.1) is 25.6 Å². The zero-order chi connectivity index (χ0) is 29.1. The van der Waals surface area contributed by atoms with Gasteiger partial charge in [0, 0.05) is 6.42 Å². The third-order valence-electron chi connectivity index (χ3n) is 6.68. The van der Waals surface area contributed by atoms with Crippen LogP contribution in [-0.2, 0) is 36.1 Å². The second-order valence-electron chi connectivity index (χ2n) is 9.29. The normalized spacial score (nSPS) is 29.9. The zero-order valence-corrected chi connectivity index (χ0v) is 22.4. The topological polar surface area (TPSA) is 270 Å². The van der Waals surface area contributed by atoms with E-state index in [-0.39, 0.29) is 40.5 Å². The van der Waals surface area contributed by atoms with E-state index in [2.05, 4.69) is 35.2 Å². The number of nitrogens with one attached hydrogen (secondary N) is 1. The molecule has 0 bridgehead atoms. The van der Waals surface area contributed by atoms with Crippen LogP contribution in [0.4, 0.5) is 16.2 Å². The van der Waals surface area contributed by atoms with Gasteiger partial charge in [-0.25, -0.2) is 19.3 Å². The molecule has 22 heteroatoms. The van der Waals surface area contributed by atoms with Gasteiger partial charge >= 0.3 is 6.72 Å². The zero-order valence-electron chi connectivity index (χ0n) is 20.7. The molecule has 2 saturated heterocycles. The molecule has 2 fully saturated rings. The van der Waals surface area contributed by atoms with Crippen molar-refractivity contribution < 1.29 is 38.0 Å². The summed E-state index contributed by atoms with van der Waals surface area (Å²) >= 11 is 5.15. The number of hydrogen-bond acceptors (Lipinski definition) is 16. The van der Waals surface area contributed by atoms with Gasteiger partial charge in [0.25, 0.3) is 5.56 Å². The fraction of sp³-hybridized carbons (Fsp3) is 0.526. The number of H-pyrrole nitrogens is 1. The number of imidazole rings is 1. The Morgan fingerprint density at radius 1 is 1.29 bits per heavy atom. The number of aliphatic hydroxyl groups is 2. The van der Waals surface area contributed by atoms with Crippen LogP contribution in [0.2, 0.25) is 0 Å². The van der Waals surface area contributed by atoms with Crippen LogP contribution in [0.25, 0.3) is 22.3 Å². The number of aliphatic hydroxyl groups excluding tert-OH is 2. The van der Waals surface area contributed by atoms with Crippen LogP contribution >= 0.6 is 6.72 Å². The number of nitrogens with zero attached hydrogens (tertiary/aromatic N) is 8. The van der Waals surface area contributed by atoms with Crippen molar-refractivity contribution in [2.45, 2.75) is 42.9 Å². The Kier molecular flexibility index (Phi) is 6.95. The van der Waals surface area contributed by atoms with E-state index < -0.39 is 68.5 Å². The Morgan fingerprint density at radius 2 is 2.10 bits per heavy atom. The van der Waals surface area contributed by atoms with E-state index in [1.807, 2.05) is 0 Å². The smallest absolute Gasteiger partial charge is 0.325 e. The molecule has 2 unspecified atom stereocenters. The highest BCUT2D eigenvalue weighted by Gasteiger charge is 2.53. The number of alkyl halides is 1. The van der Waals surface area contributed by atoms with Gasteiger partial charge in [-0.15, -0.1) is 5.10 Å². The van der Waals surface area contributed by atoms with Gasteiger partial charge in [-0.1, -0.05) is 5.21 Å². The monoisotopic (exact) mass is 615 g/mol. The molecule has 2 aliphatic heterocycles. The van der Waals surface area contributed by atoms with Crippen molar-refractivity contribution in [1.82, 2.24) is 44.5 Å². The van der Waals surface area contributed by atoms with E-state index in [4.69, 9.17) is 41.8 Å². The molecule has 0 aromatic carbocycles. The molecule has 4 aromatic rings. The van der Waals surface area contributed by atoms with E-state index >= 15 is 4.39 Å². The fourth-order valence-corrected chi connectivity index (χ4v) is 6.15. The van der Waals surface area contributed by atoms with Crippen molar-refractivity contribution in [2.75, 3.05) is 31.3 Å². The fourth-order valence-electron chi connectivity index (χ4n) is 4.70. The molecule has 4 aromatic heterocycles. The number of ether oxygens (including phenoxy) is 2. The number of rotatable bonds is 8. The van der Waals surface area contributed by atoms with Gasteiger partial charge in [-0.2, -0.15) is 9.67 Å². The molecule has 0 spiro atoms. The number of halogens is 1.